The number of alkyl halides is 3. The zero-order chi connectivity index (χ0) is 22.5. The Morgan fingerprint density at radius 1 is 1.23 bits per heavy atom. The number of allylic oxidation sites excluding steroid dienone is 4. The van der Waals surface area contributed by atoms with Gasteiger partial charge in [0, 0.05) is 17.2 Å². The number of nitrogens with one attached hydrogen (secondary N) is 1. The van der Waals surface area contributed by atoms with Gasteiger partial charge in [0.25, 0.3) is 5.91 Å². The molecule has 0 saturated carbocycles. The summed E-state index contributed by atoms with van der Waals surface area (Å²) in [4.78, 5) is 12.3. The van der Waals surface area contributed by atoms with Crippen LogP contribution in [0, 0.1) is 0 Å². The summed E-state index contributed by atoms with van der Waals surface area (Å²) in [6.45, 7) is 6.10. The van der Waals surface area contributed by atoms with Gasteiger partial charge in [0.1, 0.15) is 17.4 Å². The minimum absolute atomic E-state index is 0.0839. The fourth-order valence-electron chi connectivity index (χ4n) is 2.52. The summed E-state index contributed by atoms with van der Waals surface area (Å²) in [6, 6.07) is 6.76. The van der Waals surface area contributed by atoms with Crippen LogP contribution in [0.3, 0.4) is 0 Å². The van der Waals surface area contributed by atoms with Crippen LogP contribution in [-0.4, -0.2) is 11.9 Å². The van der Waals surface area contributed by atoms with E-state index in [0.717, 1.165) is 24.3 Å². The maximum Gasteiger partial charge on any atom is 0.416 e. The average molecular weight is 425 g/mol. The predicted octanol–water partition coefficient (Wildman–Crippen LogP) is 6.76. The highest BCUT2D eigenvalue weighted by Crippen LogP contribution is 2.32. The van der Waals surface area contributed by atoms with Crippen LogP contribution in [0.25, 0.3) is 11.3 Å². The first-order valence-corrected chi connectivity index (χ1v) is 8.96. The molecule has 0 bridgehead atoms. The van der Waals surface area contributed by atoms with Crippen molar-refractivity contribution in [2.75, 3.05) is 0 Å². The number of carbonyl (C=O) groups is 1. The molecule has 0 aliphatic heterocycles. The van der Waals surface area contributed by atoms with E-state index in [2.05, 4.69) is 11.9 Å². The maximum absolute atomic E-state index is 13.9. The van der Waals surface area contributed by atoms with Gasteiger partial charge in [0.05, 0.1) is 5.56 Å². The lowest BCUT2D eigenvalue weighted by Crippen LogP contribution is -2.31. The van der Waals surface area contributed by atoms with Gasteiger partial charge in [-0.25, -0.2) is 8.78 Å². The minimum atomic E-state index is -4.50. The molecular weight excluding hydrogens is 405 g/mol. The lowest BCUT2D eigenvalue weighted by Gasteiger charge is -2.11. The van der Waals surface area contributed by atoms with E-state index in [1.165, 1.54) is 31.2 Å². The van der Waals surface area contributed by atoms with Crippen molar-refractivity contribution in [3.63, 3.8) is 0 Å². The number of benzene rings is 1. The normalized spacial score (nSPS) is 14.2. The summed E-state index contributed by atoms with van der Waals surface area (Å²) in [7, 11) is 0. The molecule has 1 aromatic carbocycles. The molecule has 2 aromatic rings. The number of carbonyl (C=O) groups excluding carboxylic acids is 1. The second-order valence-corrected chi connectivity index (χ2v) is 6.58. The van der Waals surface area contributed by atoms with E-state index < -0.39 is 35.3 Å². The smallest absolute Gasteiger partial charge is 0.416 e. The highest BCUT2D eigenvalue weighted by Gasteiger charge is 2.30. The van der Waals surface area contributed by atoms with Crippen molar-refractivity contribution < 1.29 is 31.2 Å². The minimum Gasteiger partial charge on any atom is -0.451 e. The molecule has 1 atom stereocenters. The fourth-order valence-corrected chi connectivity index (χ4v) is 2.52. The molecule has 8 heteroatoms. The predicted molar refractivity (Wildman–Crippen MR) is 104 cm³/mol. The van der Waals surface area contributed by atoms with Crippen LogP contribution in [-0.2, 0) is 6.18 Å². The summed E-state index contributed by atoms with van der Waals surface area (Å²) in [6.07, 6.45) is -2.38. The lowest BCUT2D eigenvalue weighted by molar-refractivity contribution is -0.137. The first kappa shape index (κ1) is 23.1. The molecule has 0 saturated heterocycles. The number of amides is 1. The van der Waals surface area contributed by atoms with Crippen molar-refractivity contribution in [1.82, 2.24) is 5.32 Å². The van der Waals surface area contributed by atoms with Crippen LogP contribution in [0.4, 0.5) is 22.0 Å². The van der Waals surface area contributed by atoms with Gasteiger partial charge < -0.3 is 9.73 Å². The number of rotatable bonds is 7. The standard InChI is InChI=1S/C22H20F5NO2/c1-4-17(23)14(3)18(24)9-8-13(2)28-21(29)20-11-10-19(30-20)15-6-5-7-16(12-15)22(25,26)27/h4-7,9-13H,1,8H2,2-3H3,(H,28,29). The molecule has 0 aliphatic rings. The van der Waals surface area contributed by atoms with Crippen molar-refractivity contribution in [1.29, 1.82) is 0 Å². The van der Waals surface area contributed by atoms with Gasteiger partial charge in [-0.2, -0.15) is 13.2 Å². The molecule has 1 aromatic heterocycles. The quantitative estimate of drug-likeness (QED) is 0.394. The van der Waals surface area contributed by atoms with Crippen LogP contribution in [0.1, 0.15) is 36.4 Å². The van der Waals surface area contributed by atoms with Gasteiger partial charge >= 0.3 is 6.18 Å². The van der Waals surface area contributed by atoms with E-state index in [0.29, 0.717) is 0 Å². The molecule has 2 rings (SSSR count). The van der Waals surface area contributed by atoms with Crippen molar-refractivity contribution in [2.24, 2.45) is 0 Å². The van der Waals surface area contributed by atoms with Crippen LogP contribution >= 0.6 is 0 Å². The van der Waals surface area contributed by atoms with Crippen molar-refractivity contribution >= 4 is 5.91 Å². The first-order chi connectivity index (χ1) is 14.0. The Hall–Kier alpha value is -3.16. The Bertz CT molecular complexity index is 985. The molecule has 0 fully saturated rings. The molecule has 1 heterocycles. The SMILES string of the molecule is C=CC(F)=C(C)C(F)=CCC(C)NC(=O)c1ccc(-c2cccc(C(F)(F)F)c2)o1. The van der Waals surface area contributed by atoms with E-state index in [9.17, 15) is 26.7 Å². The third-order valence-corrected chi connectivity index (χ3v) is 4.23. The third kappa shape index (κ3) is 5.92. The highest BCUT2D eigenvalue weighted by atomic mass is 19.4. The van der Waals surface area contributed by atoms with Crippen molar-refractivity contribution in [3.05, 3.63) is 83.7 Å². The lowest BCUT2D eigenvalue weighted by atomic mass is 10.1. The molecule has 160 valence electrons. The molecular formula is C22H20F5NO2. The summed E-state index contributed by atoms with van der Waals surface area (Å²) in [5, 5.41) is 2.58. The van der Waals surface area contributed by atoms with Crippen molar-refractivity contribution in [3.8, 4) is 11.3 Å². The average Bonchev–Trinajstić information content (AvgIpc) is 3.20. The second-order valence-electron chi connectivity index (χ2n) is 6.58. The number of furan rings is 1. The highest BCUT2D eigenvalue weighted by molar-refractivity contribution is 5.92. The molecule has 1 N–H and O–H groups in total. The first-order valence-electron chi connectivity index (χ1n) is 8.96. The molecule has 3 nitrogen and oxygen atoms in total. The van der Waals surface area contributed by atoms with Gasteiger partial charge in [0.2, 0.25) is 0 Å². The summed E-state index contributed by atoms with van der Waals surface area (Å²) in [5.41, 5.74) is -0.851. The van der Waals surface area contributed by atoms with Gasteiger partial charge in [-0.1, -0.05) is 18.7 Å². The molecule has 30 heavy (non-hydrogen) atoms. The monoisotopic (exact) mass is 425 g/mol. The van der Waals surface area contributed by atoms with Gasteiger partial charge in [-0.3, -0.25) is 4.79 Å². The Labute approximate surface area is 170 Å². The maximum atomic E-state index is 13.9. The summed E-state index contributed by atoms with van der Waals surface area (Å²) in [5.74, 6) is -2.16. The zero-order valence-electron chi connectivity index (χ0n) is 16.3. The van der Waals surface area contributed by atoms with Crippen molar-refractivity contribution in [2.45, 2.75) is 32.5 Å². The molecule has 1 unspecified atom stereocenters. The number of halogens is 5. The van der Waals surface area contributed by atoms with E-state index >= 15 is 0 Å². The van der Waals surface area contributed by atoms with Gasteiger partial charge in [0.15, 0.2) is 5.76 Å². The largest absolute Gasteiger partial charge is 0.451 e. The van der Waals surface area contributed by atoms with Crippen LogP contribution < -0.4 is 5.32 Å². The number of hydrogen-bond donors (Lipinski definition) is 1. The number of hydrogen-bond acceptors (Lipinski definition) is 2. The summed E-state index contributed by atoms with van der Waals surface area (Å²) >= 11 is 0. The summed E-state index contributed by atoms with van der Waals surface area (Å²) < 4.78 is 71.1. The van der Waals surface area contributed by atoms with Crippen LogP contribution in [0.2, 0.25) is 0 Å². The van der Waals surface area contributed by atoms with E-state index in [-0.39, 0.29) is 29.1 Å². The molecule has 0 aliphatic carbocycles. The Kier molecular flexibility index (Phi) is 7.37. The Balaban J connectivity index is 2.06. The van der Waals surface area contributed by atoms with Gasteiger partial charge in [-0.15, -0.1) is 0 Å². The molecule has 0 radical (unpaired) electrons. The third-order valence-electron chi connectivity index (χ3n) is 4.23. The zero-order valence-corrected chi connectivity index (χ0v) is 16.3. The van der Waals surface area contributed by atoms with Crippen LogP contribution in [0.5, 0.6) is 0 Å². The fraction of sp³-hybridized carbons (Fsp3) is 0.227. The Morgan fingerprint density at radius 2 is 1.93 bits per heavy atom. The van der Waals surface area contributed by atoms with E-state index in [1.807, 2.05) is 0 Å². The van der Waals surface area contributed by atoms with Crippen LogP contribution in [0.15, 0.2) is 76.8 Å². The van der Waals surface area contributed by atoms with E-state index in [4.69, 9.17) is 4.42 Å². The van der Waals surface area contributed by atoms with Gasteiger partial charge in [-0.05, 0) is 56.7 Å². The second kappa shape index (κ2) is 9.56. The molecule has 0 spiro atoms. The molecule has 1 amide bonds. The Morgan fingerprint density at radius 3 is 2.57 bits per heavy atom. The van der Waals surface area contributed by atoms with E-state index in [1.54, 1.807) is 6.92 Å². The topological polar surface area (TPSA) is 42.2 Å².